The molecule has 0 bridgehead atoms. The molecule has 1 aliphatic heterocycles. The molecule has 0 radical (unpaired) electrons. The van der Waals surface area contributed by atoms with Gasteiger partial charge in [-0.3, -0.25) is 0 Å². The van der Waals surface area contributed by atoms with Gasteiger partial charge in [-0.25, -0.2) is 4.79 Å². The highest BCUT2D eigenvalue weighted by atomic mass is 16.6. The molecule has 0 aromatic rings. The van der Waals surface area contributed by atoms with Crippen LogP contribution in [0.5, 0.6) is 0 Å². The molecular weight excluding hydrogens is 256 g/mol. The first-order valence-electron chi connectivity index (χ1n) is 9.67. The third-order valence-electron chi connectivity index (χ3n) is 3.03. The molecule has 1 saturated heterocycles. The van der Waals surface area contributed by atoms with E-state index < -0.39 is 30.9 Å². The fourth-order valence-electron chi connectivity index (χ4n) is 2.24. The van der Waals surface area contributed by atoms with Crippen molar-refractivity contribution in [3.05, 3.63) is 10.4 Å². The van der Waals surface area contributed by atoms with Gasteiger partial charge in [0.2, 0.25) is 0 Å². The Morgan fingerprint density at radius 1 is 1.60 bits per heavy atom. The molecule has 1 amide bonds. The van der Waals surface area contributed by atoms with Crippen LogP contribution in [-0.2, 0) is 4.74 Å². The number of nitrogens with zero attached hydrogens (tertiary/aromatic N) is 4. The second kappa shape index (κ2) is 6.35. The van der Waals surface area contributed by atoms with E-state index in [-0.39, 0.29) is 25.4 Å². The van der Waals surface area contributed by atoms with Crippen molar-refractivity contribution >= 4 is 6.09 Å². The van der Waals surface area contributed by atoms with E-state index in [1.165, 1.54) is 0 Å². The van der Waals surface area contributed by atoms with E-state index in [2.05, 4.69) is 10.0 Å². The van der Waals surface area contributed by atoms with Crippen molar-refractivity contribution in [3.8, 4) is 0 Å². The summed E-state index contributed by atoms with van der Waals surface area (Å²) in [6.45, 7) is -0.723. The van der Waals surface area contributed by atoms with Gasteiger partial charge in [-0.1, -0.05) is 5.11 Å². The zero-order valence-corrected chi connectivity index (χ0v) is 12.2. The molecule has 0 N–H and O–H groups in total. The minimum absolute atomic E-state index is 0.0258. The number of azide groups is 1. The Balaban J connectivity index is 3.22. The van der Waals surface area contributed by atoms with Gasteiger partial charge in [-0.05, 0) is 65.2 Å². The zero-order valence-electron chi connectivity index (χ0n) is 18.2. The smallest absolute Gasteiger partial charge is 0.410 e. The van der Waals surface area contributed by atoms with Crippen molar-refractivity contribution in [1.82, 2.24) is 4.90 Å². The summed E-state index contributed by atoms with van der Waals surface area (Å²) in [6.07, 6.45) is -0.196. The van der Waals surface area contributed by atoms with Gasteiger partial charge in [0.05, 0.1) is 0 Å². The Bertz CT molecular complexity index is 549. The van der Waals surface area contributed by atoms with Crippen LogP contribution in [0.3, 0.4) is 0 Å². The third kappa shape index (κ3) is 4.93. The molecule has 6 nitrogen and oxygen atoms in total. The lowest BCUT2D eigenvalue weighted by atomic mass is 9.93. The van der Waals surface area contributed by atoms with Gasteiger partial charge in [0.1, 0.15) is 5.60 Å². The number of ether oxygens (including phenoxy) is 1. The third-order valence-corrected chi connectivity index (χ3v) is 3.03. The first-order valence-corrected chi connectivity index (χ1v) is 6.67. The average Bonchev–Trinajstić information content (AvgIpc) is 2.82. The summed E-state index contributed by atoms with van der Waals surface area (Å²) in [7, 11) is 0. The summed E-state index contributed by atoms with van der Waals surface area (Å²) in [6, 6.07) is 0. The summed E-state index contributed by atoms with van der Waals surface area (Å²) in [5, 5.41) is 3.42. The Hall–Kier alpha value is -1.42. The minimum atomic E-state index is -2.91. The lowest BCUT2D eigenvalue weighted by Crippen LogP contribution is -2.45. The molecular formula is C14H26N4O2. The minimum Gasteiger partial charge on any atom is -0.444 e. The summed E-state index contributed by atoms with van der Waals surface area (Å²) >= 11 is 0. The number of likely N-dealkylation sites (tertiary alicyclic amines) is 1. The Morgan fingerprint density at radius 3 is 2.85 bits per heavy atom. The summed E-state index contributed by atoms with van der Waals surface area (Å²) in [5.41, 5.74) is 5.13. The molecule has 1 atom stereocenters. The van der Waals surface area contributed by atoms with Gasteiger partial charge < -0.3 is 9.64 Å². The topological polar surface area (TPSA) is 78.3 Å². The average molecular weight is 288 g/mol. The second-order valence-electron chi connectivity index (χ2n) is 6.12. The molecule has 0 aromatic carbocycles. The normalized spacial score (nSPS) is 27.1. The summed E-state index contributed by atoms with van der Waals surface area (Å²) in [4.78, 5) is 16.2. The van der Waals surface area contributed by atoms with E-state index >= 15 is 0 Å². The first-order chi connectivity index (χ1) is 11.7. The zero-order chi connectivity index (χ0) is 20.4. The van der Waals surface area contributed by atoms with Crippen LogP contribution >= 0.6 is 0 Å². The molecule has 0 saturated carbocycles. The highest BCUT2D eigenvalue weighted by Crippen LogP contribution is 2.35. The number of carbonyl (C=O) groups is 1. The van der Waals surface area contributed by atoms with Crippen LogP contribution in [0.1, 0.15) is 62.0 Å². The largest absolute Gasteiger partial charge is 0.444 e. The molecule has 0 unspecified atom stereocenters. The van der Waals surface area contributed by atoms with Crippen LogP contribution in [0.15, 0.2) is 5.11 Å². The predicted octanol–water partition coefficient (Wildman–Crippen LogP) is 4.11. The molecule has 0 spiro atoms. The number of amides is 1. The van der Waals surface area contributed by atoms with E-state index in [0.717, 1.165) is 4.90 Å². The fraction of sp³-hybridized carbons (Fsp3) is 0.929. The fourth-order valence-corrected chi connectivity index (χ4v) is 2.24. The maximum atomic E-state index is 12.6. The van der Waals surface area contributed by atoms with Crippen LogP contribution < -0.4 is 0 Å². The van der Waals surface area contributed by atoms with Crippen LogP contribution in [0.25, 0.3) is 10.4 Å². The van der Waals surface area contributed by atoms with Crippen molar-refractivity contribution in [2.75, 3.05) is 13.1 Å². The standard InChI is InChI=1S/C14H26N4O2/c1-13(2,3)20-12(19)18-10-11(9-14(18,4)5)7-6-8-16-17-15/h11H,6-10H2,1-5H3/t11-/m0/s1/i4D3,5D3. The molecule has 0 aliphatic carbocycles. The van der Waals surface area contributed by atoms with Gasteiger partial charge >= 0.3 is 6.09 Å². The van der Waals surface area contributed by atoms with E-state index in [4.69, 9.17) is 18.5 Å². The van der Waals surface area contributed by atoms with Crippen molar-refractivity contribution in [1.29, 1.82) is 0 Å². The van der Waals surface area contributed by atoms with Crippen molar-refractivity contribution in [2.24, 2.45) is 11.0 Å². The highest BCUT2D eigenvalue weighted by Gasteiger charge is 2.42. The quantitative estimate of drug-likeness (QED) is 0.337. The molecule has 20 heavy (non-hydrogen) atoms. The van der Waals surface area contributed by atoms with E-state index in [1.807, 2.05) is 0 Å². The molecule has 1 heterocycles. The molecule has 114 valence electrons. The Morgan fingerprint density at radius 2 is 2.30 bits per heavy atom. The highest BCUT2D eigenvalue weighted by molar-refractivity contribution is 5.69. The molecule has 0 aromatic heterocycles. The van der Waals surface area contributed by atoms with Crippen LogP contribution in [-0.4, -0.2) is 35.2 Å². The van der Waals surface area contributed by atoms with Crippen LogP contribution in [0.2, 0.25) is 0 Å². The second-order valence-corrected chi connectivity index (χ2v) is 6.12. The van der Waals surface area contributed by atoms with Gasteiger partial charge in [0.15, 0.2) is 0 Å². The van der Waals surface area contributed by atoms with Gasteiger partial charge in [0, 0.05) is 31.8 Å². The maximum Gasteiger partial charge on any atom is 0.410 e. The number of carbonyl (C=O) groups excluding carboxylic acids is 1. The molecule has 1 fully saturated rings. The number of hydrogen-bond donors (Lipinski definition) is 0. The SMILES string of the molecule is [2H]C([2H])([2H])C1(C([2H])([2H])[2H])C[C@H](CCCN=[N+]=[N-])CN1C(=O)OC(C)(C)C. The monoisotopic (exact) mass is 288 g/mol. The van der Waals surface area contributed by atoms with E-state index in [1.54, 1.807) is 20.8 Å². The number of rotatable bonds is 4. The molecule has 1 aliphatic rings. The van der Waals surface area contributed by atoms with Crippen LogP contribution in [0, 0.1) is 5.92 Å². The van der Waals surface area contributed by atoms with Crippen molar-refractivity contribution < 1.29 is 17.8 Å². The molecule has 1 rings (SSSR count). The lowest BCUT2D eigenvalue weighted by Gasteiger charge is -2.33. The first kappa shape index (κ1) is 9.50. The van der Waals surface area contributed by atoms with Gasteiger partial charge in [-0.2, -0.15) is 0 Å². The van der Waals surface area contributed by atoms with Crippen molar-refractivity contribution in [3.63, 3.8) is 0 Å². The van der Waals surface area contributed by atoms with E-state index in [9.17, 15) is 4.79 Å². The lowest BCUT2D eigenvalue weighted by molar-refractivity contribution is 0.0131. The molecule has 6 heteroatoms. The van der Waals surface area contributed by atoms with Crippen molar-refractivity contribution in [2.45, 2.75) is 64.9 Å². The summed E-state index contributed by atoms with van der Waals surface area (Å²) in [5.74, 6) is -0.336. The van der Waals surface area contributed by atoms with E-state index in [0.29, 0.717) is 12.8 Å². The van der Waals surface area contributed by atoms with Gasteiger partial charge in [-0.15, -0.1) is 0 Å². The maximum absolute atomic E-state index is 12.6. The Kier molecular flexibility index (Phi) is 3.02. The summed E-state index contributed by atoms with van der Waals surface area (Å²) < 4.78 is 52.5. The van der Waals surface area contributed by atoms with Crippen LogP contribution in [0.4, 0.5) is 4.79 Å². The Labute approximate surface area is 129 Å². The van der Waals surface area contributed by atoms with Gasteiger partial charge in [0.25, 0.3) is 0 Å². The number of hydrogen-bond acceptors (Lipinski definition) is 3. The predicted molar refractivity (Wildman–Crippen MR) is 78.4 cm³/mol.